The molecule has 0 aliphatic heterocycles. The van der Waals surface area contributed by atoms with Crippen molar-refractivity contribution in [2.24, 2.45) is 0 Å². The fourth-order valence-electron chi connectivity index (χ4n) is 3.26. The van der Waals surface area contributed by atoms with Gasteiger partial charge in [0.05, 0.1) is 23.9 Å². The van der Waals surface area contributed by atoms with Crippen LogP contribution < -0.4 is 4.74 Å². The highest BCUT2D eigenvalue weighted by molar-refractivity contribution is 7.14. The molecule has 4 aromatic rings. The minimum Gasteiger partial charge on any atom is -0.497 e. The lowest BCUT2D eigenvalue weighted by Crippen LogP contribution is -2.04. The average molecular weight is 447 g/mol. The zero-order valence-electron chi connectivity index (χ0n) is 16.4. The summed E-state index contributed by atoms with van der Waals surface area (Å²) in [4.78, 5) is 17.2. The number of hydrogen-bond donors (Lipinski definition) is 1. The molecule has 0 aliphatic carbocycles. The molecule has 4 rings (SSSR count). The number of fused-ring (bicyclic) bond motifs is 1. The van der Waals surface area contributed by atoms with E-state index < -0.39 is 23.4 Å². The summed E-state index contributed by atoms with van der Waals surface area (Å²) in [5.74, 6) is -0.755. The first-order chi connectivity index (χ1) is 14.7. The summed E-state index contributed by atoms with van der Waals surface area (Å²) in [7, 11) is 1.56. The van der Waals surface area contributed by atoms with Gasteiger partial charge in [-0.3, -0.25) is 0 Å². The number of aromatic nitrogens is 3. The number of thiazole rings is 1. The van der Waals surface area contributed by atoms with Crippen molar-refractivity contribution in [2.75, 3.05) is 7.11 Å². The Morgan fingerprint density at radius 3 is 2.65 bits per heavy atom. The molecule has 0 unspecified atom stereocenters. The van der Waals surface area contributed by atoms with Gasteiger partial charge >= 0.3 is 12.1 Å². The van der Waals surface area contributed by atoms with Gasteiger partial charge in [0.1, 0.15) is 5.75 Å². The normalized spacial score (nSPS) is 11.8. The minimum atomic E-state index is -4.60. The maximum atomic E-state index is 13.1. The summed E-state index contributed by atoms with van der Waals surface area (Å²) in [5.41, 5.74) is 0.339. The predicted molar refractivity (Wildman–Crippen MR) is 110 cm³/mol. The zero-order chi connectivity index (χ0) is 22.3. The van der Waals surface area contributed by atoms with Gasteiger partial charge in [0, 0.05) is 15.8 Å². The van der Waals surface area contributed by atoms with Crippen molar-refractivity contribution < 1.29 is 27.8 Å². The number of methoxy groups -OCH3 is 1. The average Bonchev–Trinajstić information content (AvgIpc) is 3.34. The van der Waals surface area contributed by atoms with E-state index in [0.29, 0.717) is 23.0 Å². The Kier molecular flexibility index (Phi) is 5.18. The molecule has 31 heavy (non-hydrogen) atoms. The number of nitrogens with zero attached hydrogens (tertiary/aromatic N) is 3. The van der Waals surface area contributed by atoms with Crippen LogP contribution in [0.15, 0.2) is 42.5 Å². The molecule has 0 fully saturated rings. The molecular formula is C21H16F3N3O3S. The Morgan fingerprint density at radius 1 is 1.23 bits per heavy atom. The lowest BCUT2D eigenvalue weighted by molar-refractivity contribution is -0.137. The van der Waals surface area contributed by atoms with Crippen LogP contribution >= 0.6 is 11.3 Å². The van der Waals surface area contributed by atoms with Gasteiger partial charge in [-0.05, 0) is 36.8 Å². The topological polar surface area (TPSA) is 77.2 Å². The van der Waals surface area contributed by atoms with Crippen LogP contribution in [0.4, 0.5) is 13.2 Å². The third-order valence-corrected chi connectivity index (χ3v) is 5.92. The van der Waals surface area contributed by atoms with Crippen LogP contribution in [0.3, 0.4) is 0 Å². The lowest BCUT2D eigenvalue weighted by atomic mass is 10.1. The Labute approximate surface area is 178 Å². The van der Waals surface area contributed by atoms with Crippen LogP contribution in [0, 0.1) is 0 Å². The molecule has 160 valence electrons. The number of carboxylic acids is 1. The molecular weight excluding hydrogens is 431 g/mol. The van der Waals surface area contributed by atoms with Crippen molar-refractivity contribution >= 4 is 28.2 Å². The summed E-state index contributed by atoms with van der Waals surface area (Å²) in [6.07, 6.45) is -3.93. The quantitative estimate of drug-likeness (QED) is 0.441. The van der Waals surface area contributed by atoms with Crippen molar-refractivity contribution in [1.82, 2.24) is 14.8 Å². The molecule has 0 saturated carbocycles. The van der Waals surface area contributed by atoms with E-state index in [1.54, 1.807) is 13.2 Å². The number of hydrogen-bond acceptors (Lipinski definition) is 5. The van der Waals surface area contributed by atoms with E-state index in [-0.39, 0.29) is 10.9 Å². The number of aryl methyl sites for hydroxylation is 1. The Balaban J connectivity index is 1.91. The van der Waals surface area contributed by atoms with Gasteiger partial charge in [0.25, 0.3) is 0 Å². The summed E-state index contributed by atoms with van der Waals surface area (Å²) in [5, 5.41) is 13.8. The van der Waals surface area contributed by atoms with Crippen molar-refractivity contribution in [2.45, 2.75) is 19.5 Å². The molecule has 0 bridgehead atoms. The van der Waals surface area contributed by atoms with Crippen molar-refractivity contribution in [1.29, 1.82) is 0 Å². The number of carbonyl (C=O) groups is 1. The van der Waals surface area contributed by atoms with E-state index in [0.717, 1.165) is 22.6 Å². The van der Waals surface area contributed by atoms with Crippen LogP contribution in [-0.4, -0.2) is 33.0 Å². The van der Waals surface area contributed by atoms with Crippen molar-refractivity contribution in [3.8, 4) is 22.1 Å². The van der Waals surface area contributed by atoms with E-state index in [9.17, 15) is 23.1 Å². The minimum absolute atomic E-state index is 0.0986. The van der Waals surface area contributed by atoms with Gasteiger partial charge < -0.3 is 9.84 Å². The third kappa shape index (κ3) is 3.74. The fraction of sp³-hybridized carbons (Fsp3) is 0.190. The highest BCUT2D eigenvalue weighted by atomic mass is 32.1. The first-order valence-corrected chi connectivity index (χ1v) is 10.0. The van der Waals surface area contributed by atoms with Gasteiger partial charge in [-0.15, -0.1) is 0 Å². The lowest BCUT2D eigenvalue weighted by Gasteiger charge is -2.06. The number of halogens is 3. The second-order valence-corrected chi connectivity index (χ2v) is 7.71. The van der Waals surface area contributed by atoms with Crippen LogP contribution in [0.25, 0.3) is 27.3 Å². The van der Waals surface area contributed by atoms with Gasteiger partial charge in [0.2, 0.25) is 5.13 Å². The van der Waals surface area contributed by atoms with Crippen LogP contribution in [0.5, 0.6) is 5.75 Å². The smallest absolute Gasteiger partial charge is 0.416 e. The second kappa shape index (κ2) is 7.69. The molecule has 0 atom stereocenters. The van der Waals surface area contributed by atoms with E-state index in [4.69, 9.17) is 4.74 Å². The molecule has 0 amide bonds. The fourth-order valence-corrected chi connectivity index (χ4v) is 4.25. The number of ether oxygens (including phenoxy) is 1. The van der Waals surface area contributed by atoms with E-state index >= 15 is 0 Å². The first-order valence-electron chi connectivity index (χ1n) is 9.20. The summed E-state index contributed by atoms with van der Waals surface area (Å²) >= 11 is 1.30. The number of benzene rings is 2. The molecule has 0 spiro atoms. The van der Waals surface area contributed by atoms with Gasteiger partial charge in [-0.25, -0.2) is 14.5 Å². The van der Waals surface area contributed by atoms with Gasteiger partial charge in [-0.2, -0.15) is 18.3 Å². The molecule has 2 aromatic heterocycles. The second-order valence-electron chi connectivity index (χ2n) is 6.65. The molecule has 6 nitrogen and oxygen atoms in total. The van der Waals surface area contributed by atoms with E-state index in [1.165, 1.54) is 22.1 Å². The molecule has 2 heterocycles. The monoisotopic (exact) mass is 447 g/mol. The molecule has 0 radical (unpaired) electrons. The molecule has 0 aliphatic rings. The molecule has 2 aromatic carbocycles. The van der Waals surface area contributed by atoms with Crippen molar-refractivity contribution in [3.05, 3.63) is 58.6 Å². The number of rotatable bonds is 5. The summed E-state index contributed by atoms with van der Waals surface area (Å²) in [6, 6.07) is 10.3. The molecule has 0 saturated heterocycles. The van der Waals surface area contributed by atoms with Crippen LogP contribution in [0.1, 0.15) is 27.9 Å². The zero-order valence-corrected chi connectivity index (χ0v) is 17.2. The maximum Gasteiger partial charge on any atom is 0.416 e. The van der Waals surface area contributed by atoms with E-state index in [1.807, 2.05) is 25.1 Å². The SMILES string of the molecule is CCc1sc(-n2nc(C(=O)O)c3cc(C(F)(F)F)ccc32)nc1-c1cccc(OC)c1. The Morgan fingerprint density at radius 2 is 2.00 bits per heavy atom. The number of carboxylic acid groups (broad SMARTS) is 1. The number of alkyl halides is 3. The van der Waals surface area contributed by atoms with E-state index in [2.05, 4.69) is 10.1 Å². The summed E-state index contributed by atoms with van der Waals surface area (Å²) < 4.78 is 46.0. The Bertz CT molecular complexity index is 1290. The van der Waals surface area contributed by atoms with Crippen LogP contribution in [0.2, 0.25) is 0 Å². The van der Waals surface area contributed by atoms with Gasteiger partial charge in [-0.1, -0.05) is 30.4 Å². The summed E-state index contributed by atoms with van der Waals surface area (Å²) in [6.45, 7) is 1.96. The van der Waals surface area contributed by atoms with Gasteiger partial charge in [0.15, 0.2) is 5.69 Å². The highest BCUT2D eigenvalue weighted by Crippen LogP contribution is 2.36. The maximum absolute atomic E-state index is 13.1. The predicted octanol–water partition coefficient (Wildman–Crippen LogP) is 5.44. The Hall–Kier alpha value is -3.40. The number of aromatic carboxylic acids is 1. The first kappa shape index (κ1) is 20.9. The molecule has 10 heteroatoms. The van der Waals surface area contributed by atoms with Crippen molar-refractivity contribution in [3.63, 3.8) is 0 Å². The third-order valence-electron chi connectivity index (χ3n) is 4.74. The standard InChI is InChI=1S/C21H16F3N3O3S/c1-3-16-17(11-5-4-6-13(9-11)30-2)25-20(31-16)27-15-8-7-12(21(22,23)24)10-14(15)18(26-27)19(28)29/h4-10H,3H2,1-2H3,(H,28,29). The highest BCUT2D eigenvalue weighted by Gasteiger charge is 2.32. The van der Waals surface area contributed by atoms with Crippen LogP contribution in [-0.2, 0) is 12.6 Å². The largest absolute Gasteiger partial charge is 0.497 e. The molecule has 1 N–H and O–H groups in total.